The summed E-state index contributed by atoms with van der Waals surface area (Å²) >= 11 is 1.14. The van der Waals surface area contributed by atoms with Gasteiger partial charge >= 0.3 is 6.18 Å². The minimum Gasteiger partial charge on any atom is -0.495 e. The first-order valence-corrected chi connectivity index (χ1v) is 11.8. The number of anilines is 1. The third-order valence-corrected chi connectivity index (χ3v) is 6.56. The predicted octanol–water partition coefficient (Wildman–Crippen LogP) is 5.81. The van der Waals surface area contributed by atoms with E-state index in [1.165, 1.54) is 7.11 Å². The Kier molecular flexibility index (Phi) is 8.46. The Hall–Kier alpha value is -3.45. The van der Waals surface area contributed by atoms with Crippen molar-refractivity contribution < 1.29 is 22.7 Å². The molecule has 1 unspecified atom stereocenters. The van der Waals surface area contributed by atoms with Gasteiger partial charge in [0.2, 0.25) is 0 Å². The Labute approximate surface area is 206 Å². The van der Waals surface area contributed by atoms with Crippen LogP contribution in [0.5, 0.6) is 5.75 Å². The van der Waals surface area contributed by atoms with Crippen LogP contribution < -0.4 is 15.4 Å². The molecule has 184 valence electrons. The lowest BCUT2D eigenvalue weighted by Gasteiger charge is -2.30. The van der Waals surface area contributed by atoms with Crippen LogP contribution in [0.15, 0.2) is 64.5 Å². The van der Waals surface area contributed by atoms with E-state index in [9.17, 15) is 23.2 Å². The van der Waals surface area contributed by atoms with Gasteiger partial charge in [0.25, 0.3) is 5.91 Å². The summed E-state index contributed by atoms with van der Waals surface area (Å²) in [5.41, 5.74) is 2.87. The van der Waals surface area contributed by atoms with Gasteiger partial charge < -0.3 is 15.4 Å². The smallest absolute Gasteiger partial charge is 0.389 e. The topological polar surface area (TPSA) is 87.0 Å². The number of halogens is 3. The fourth-order valence-electron chi connectivity index (χ4n) is 3.82. The molecule has 1 amide bonds. The molecule has 2 aromatic rings. The summed E-state index contributed by atoms with van der Waals surface area (Å²) in [7, 11) is 1.50. The molecule has 2 heterocycles. The monoisotopic (exact) mass is 502 g/mol. The molecule has 10 heteroatoms. The molecule has 0 radical (unpaired) electrons. The number of thioether (sulfide) groups is 1. The number of methoxy groups -OCH3 is 1. The van der Waals surface area contributed by atoms with Gasteiger partial charge in [0.1, 0.15) is 5.75 Å². The summed E-state index contributed by atoms with van der Waals surface area (Å²) in [6, 6.07) is 12.7. The minimum absolute atomic E-state index is 0.0848. The van der Waals surface area contributed by atoms with Crippen LogP contribution in [0.1, 0.15) is 36.9 Å². The number of para-hydroxylation sites is 2. The molecule has 0 saturated heterocycles. The number of hydrogen-bond acceptors (Lipinski definition) is 6. The second-order valence-corrected chi connectivity index (χ2v) is 8.96. The van der Waals surface area contributed by atoms with Crippen LogP contribution in [-0.2, 0) is 4.79 Å². The van der Waals surface area contributed by atoms with Crippen molar-refractivity contribution in [2.24, 2.45) is 0 Å². The fourth-order valence-corrected chi connectivity index (χ4v) is 4.86. The fraction of sp³-hybridized carbons (Fsp3) is 0.320. The molecule has 0 aliphatic carbocycles. The summed E-state index contributed by atoms with van der Waals surface area (Å²) < 4.78 is 43.0. The van der Waals surface area contributed by atoms with Crippen molar-refractivity contribution in [3.8, 4) is 11.8 Å². The number of carbonyl (C=O) groups is 1. The zero-order chi connectivity index (χ0) is 25.6. The highest BCUT2D eigenvalue weighted by atomic mass is 32.2. The number of ether oxygens (including phenoxy) is 1. The van der Waals surface area contributed by atoms with Crippen LogP contribution >= 0.6 is 11.8 Å². The number of hydrogen-bond donors (Lipinski definition) is 2. The number of dihydropyridines is 1. The van der Waals surface area contributed by atoms with Crippen LogP contribution in [0.25, 0.3) is 0 Å². The van der Waals surface area contributed by atoms with Gasteiger partial charge in [-0.05, 0) is 49.8 Å². The molecule has 1 aliphatic heterocycles. The second kappa shape index (κ2) is 11.3. The first-order chi connectivity index (χ1) is 16.7. The Morgan fingerprint density at radius 1 is 1.26 bits per heavy atom. The van der Waals surface area contributed by atoms with Gasteiger partial charge in [-0.2, -0.15) is 18.4 Å². The summed E-state index contributed by atoms with van der Waals surface area (Å²) in [6.45, 7) is 3.49. The molecule has 2 N–H and O–H groups in total. The first kappa shape index (κ1) is 26.2. The quantitative estimate of drug-likeness (QED) is 0.443. The van der Waals surface area contributed by atoms with Gasteiger partial charge in [-0.3, -0.25) is 9.78 Å². The number of aryl methyl sites for hydroxylation is 1. The lowest BCUT2D eigenvalue weighted by atomic mass is 9.81. The van der Waals surface area contributed by atoms with Crippen molar-refractivity contribution in [2.75, 3.05) is 18.2 Å². The van der Waals surface area contributed by atoms with E-state index in [-0.39, 0.29) is 17.7 Å². The van der Waals surface area contributed by atoms with Crippen molar-refractivity contribution >= 4 is 23.4 Å². The highest BCUT2D eigenvalue weighted by molar-refractivity contribution is 8.03. The van der Waals surface area contributed by atoms with Crippen LogP contribution in [-0.4, -0.2) is 29.9 Å². The number of aromatic nitrogens is 1. The largest absolute Gasteiger partial charge is 0.495 e. The van der Waals surface area contributed by atoms with Gasteiger partial charge in [-0.25, -0.2) is 0 Å². The SMILES string of the molecule is COc1ccccc1NC(=O)C1=C(C)NC(SCCCC(F)(F)F)=C(C#N)C1c1cccnc1C. The molecule has 35 heavy (non-hydrogen) atoms. The number of carbonyl (C=O) groups excluding carboxylic acids is 1. The van der Waals surface area contributed by atoms with Gasteiger partial charge in [-0.15, -0.1) is 11.8 Å². The van der Waals surface area contributed by atoms with E-state index in [2.05, 4.69) is 21.7 Å². The highest BCUT2D eigenvalue weighted by Gasteiger charge is 2.36. The zero-order valence-corrected chi connectivity index (χ0v) is 20.3. The van der Waals surface area contributed by atoms with E-state index in [1.54, 1.807) is 56.4 Å². The van der Waals surface area contributed by atoms with Crippen molar-refractivity contribution in [1.29, 1.82) is 5.26 Å². The van der Waals surface area contributed by atoms with Crippen LogP contribution in [0.4, 0.5) is 18.9 Å². The third-order valence-electron chi connectivity index (χ3n) is 5.46. The number of allylic oxidation sites excluding steroid dienone is 2. The van der Waals surface area contributed by atoms with Crippen LogP contribution in [0.2, 0.25) is 0 Å². The Morgan fingerprint density at radius 2 is 2.00 bits per heavy atom. The van der Waals surface area contributed by atoms with Crippen molar-refractivity contribution in [3.05, 3.63) is 75.7 Å². The molecule has 0 fully saturated rings. The van der Waals surface area contributed by atoms with E-state index < -0.39 is 24.4 Å². The molecule has 3 rings (SSSR count). The number of alkyl halides is 3. The maximum Gasteiger partial charge on any atom is 0.389 e. The van der Waals surface area contributed by atoms with Crippen molar-refractivity contribution in [2.45, 2.75) is 38.8 Å². The molecule has 1 aromatic carbocycles. The number of benzene rings is 1. The van der Waals surface area contributed by atoms with Crippen LogP contribution in [0.3, 0.4) is 0 Å². The van der Waals surface area contributed by atoms with E-state index in [4.69, 9.17) is 4.74 Å². The molecule has 1 aromatic heterocycles. The average molecular weight is 503 g/mol. The molecule has 6 nitrogen and oxygen atoms in total. The molecular formula is C25H25F3N4O2S. The maximum absolute atomic E-state index is 13.5. The summed E-state index contributed by atoms with van der Waals surface area (Å²) in [5, 5.41) is 16.5. The van der Waals surface area contributed by atoms with Crippen LogP contribution in [0, 0.1) is 18.3 Å². The zero-order valence-electron chi connectivity index (χ0n) is 19.5. The molecular weight excluding hydrogens is 477 g/mol. The lowest BCUT2D eigenvalue weighted by Crippen LogP contribution is -2.31. The van der Waals surface area contributed by atoms with Crippen molar-refractivity contribution in [3.63, 3.8) is 0 Å². The third kappa shape index (κ3) is 6.36. The first-order valence-electron chi connectivity index (χ1n) is 10.8. The number of nitrogens with one attached hydrogen (secondary N) is 2. The Bertz CT molecular complexity index is 1200. The average Bonchev–Trinajstić information content (AvgIpc) is 2.81. The molecule has 0 spiro atoms. The highest BCUT2D eigenvalue weighted by Crippen LogP contribution is 2.42. The van der Waals surface area contributed by atoms with Gasteiger partial charge in [-0.1, -0.05) is 18.2 Å². The Balaban J connectivity index is 1.99. The minimum atomic E-state index is -4.23. The predicted molar refractivity (Wildman–Crippen MR) is 130 cm³/mol. The normalized spacial score (nSPS) is 16.0. The van der Waals surface area contributed by atoms with E-state index in [1.807, 2.05) is 0 Å². The summed E-state index contributed by atoms with van der Waals surface area (Å²) in [4.78, 5) is 17.9. The summed E-state index contributed by atoms with van der Waals surface area (Å²) in [6.07, 6.45) is -3.60. The van der Waals surface area contributed by atoms with Gasteiger partial charge in [0.15, 0.2) is 0 Å². The van der Waals surface area contributed by atoms with E-state index in [0.29, 0.717) is 39.0 Å². The maximum atomic E-state index is 13.5. The molecule has 0 bridgehead atoms. The molecule has 0 saturated carbocycles. The van der Waals surface area contributed by atoms with Gasteiger partial charge in [0.05, 0.1) is 35.4 Å². The Morgan fingerprint density at radius 3 is 2.66 bits per heavy atom. The number of nitriles is 1. The van der Waals surface area contributed by atoms with E-state index in [0.717, 1.165) is 11.8 Å². The number of amides is 1. The summed E-state index contributed by atoms with van der Waals surface area (Å²) in [5.74, 6) is -0.521. The number of nitrogens with zero attached hydrogens (tertiary/aromatic N) is 2. The number of pyridine rings is 1. The van der Waals surface area contributed by atoms with E-state index >= 15 is 0 Å². The molecule has 1 aliphatic rings. The lowest BCUT2D eigenvalue weighted by molar-refractivity contribution is -0.134. The van der Waals surface area contributed by atoms with Gasteiger partial charge in [0, 0.05) is 29.6 Å². The number of rotatable bonds is 8. The standard InChI is InChI=1S/C25H25F3N4O2S/c1-15-17(8-6-12-30-15)22-18(14-29)24(35-13-7-11-25(26,27)28)31-16(2)21(22)23(33)32-19-9-4-5-10-20(19)34-3/h4-6,8-10,12,22,31H,7,11,13H2,1-3H3,(H,32,33). The molecule has 1 atom stereocenters. The van der Waals surface area contributed by atoms with Crippen molar-refractivity contribution in [1.82, 2.24) is 10.3 Å². The second-order valence-electron chi connectivity index (χ2n) is 7.85.